The lowest BCUT2D eigenvalue weighted by Crippen LogP contribution is -2.58. The Kier molecular flexibility index (Phi) is 6.47. The minimum Gasteiger partial charge on any atom is -0.368 e. The molecular weight excluding hydrogens is 458 g/mol. The van der Waals surface area contributed by atoms with Crippen LogP contribution in [0.5, 0.6) is 0 Å². The summed E-state index contributed by atoms with van der Waals surface area (Å²) in [6.07, 6.45) is 11.8. The highest BCUT2D eigenvalue weighted by molar-refractivity contribution is 7.90. The minimum atomic E-state index is -3.40. The maximum atomic E-state index is 13.8. The summed E-state index contributed by atoms with van der Waals surface area (Å²) >= 11 is 0. The second kappa shape index (κ2) is 9.41. The molecule has 1 heterocycles. The zero-order valence-electron chi connectivity index (χ0n) is 20.4. The van der Waals surface area contributed by atoms with Gasteiger partial charge in [0.1, 0.15) is 11.4 Å². The van der Waals surface area contributed by atoms with Crippen LogP contribution in [0.4, 0.5) is 0 Å². The fourth-order valence-electron chi connectivity index (χ4n) is 6.76. The van der Waals surface area contributed by atoms with Crippen LogP contribution in [0.2, 0.25) is 0 Å². The number of primary amides is 1. The smallest absolute Gasteiger partial charge is 0.244 e. The van der Waals surface area contributed by atoms with Crippen LogP contribution in [0.1, 0.15) is 64.2 Å². The molecule has 2 N–H and O–H groups in total. The van der Waals surface area contributed by atoms with E-state index in [1.165, 1.54) is 19.1 Å². The van der Waals surface area contributed by atoms with Crippen LogP contribution in [-0.4, -0.2) is 30.1 Å². The second-order valence-corrected chi connectivity index (χ2v) is 12.4. The van der Waals surface area contributed by atoms with Gasteiger partial charge in [0.2, 0.25) is 5.91 Å². The molecule has 0 saturated heterocycles. The number of imidazole rings is 1. The number of aromatic nitrogens is 2. The van der Waals surface area contributed by atoms with Gasteiger partial charge in [-0.2, -0.15) is 0 Å². The van der Waals surface area contributed by atoms with E-state index in [0.29, 0.717) is 11.4 Å². The van der Waals surface area contributed by atoms with E-state index in [9.17, 15) is 13.2 Å². The van der Waals surface area contributed by atoms with Gasteiger partial charge in [-0.1, -0.05) is 62.8 Å². The Labute approximate surface area is 207 Å². The summed E-state index contributed by atoms with van der Waals surface area (Å²) in [7, 11) is -3.40. The topological polar surface area (TPSA) is 95.1 Å². The molecule has 2 saturated carbocycles. The summed E-state index contributed by atoms with van der Waals surface area (Å²) in [6, 6.07) is 14.8. The van der Waals surface area contributed by atoms with Crippen molar-refractivity contribution in [3.05, 3.63) is 48.5 Å². The van der Waals surface area contributed by atoms with E-state index in [1.807, 2.05) is 30.3 Å². The number of para-hydroxylation sites is 2. The molecule has 7 heteroatoms. The molecule has 0 spiro atoms. The van der Waals surface area contributed by atoms with E-state index >= 15 is 0 Å². The zero-order chi connectivity index (χ0) is 24.6. The Morgan fingerprint density at radius 3 is 2.09 bits per heavy atom. The average molecular weight is 494 g/mol. The third kappa shape index (κ3) is 4.18. The number of amides is 1. The number of nitrogens with zero attached hydrogens (tertiary/aromatic N) is 2. The Bertz CT molecular complexity index is 1310. The van der Waals surface area contributed by atoms with Crippen molar-refractivity contribution in [3.63, 3.8) is 0 Å². The van der Waals surface area contributed by atoms with Gasteiger partial charge >= 0.3 is 0 Å². The lowest BCUT2D eigenvalue weighted by Gasteiger charge is -2.48. The fraction of sp³-hybridized carbons (Fsp3) is 0.500. The van der Waals surface area contributed by atoms with Gasteiger partial charge in [0, 0.05) is 11.8 Å². The van der Waals surface area contributed by atoms with Crippen LogP contribution in [0.15, 0.2) is 53.4 Å². The van der Waals surface area contributed by atoms with Crippen molar-refractivity contribution in [1.82, 2.24) is 9.55 Å². The first kappa shape index (κ1) is 24.0. The lowest BCUT2D eigenvalue weighted by atomic mass is 9.63. The molecule has 2 aliphatic carbocycles. The fourth-order valence-corrected chi connectivity index (χ4v) is 7.42. The predicted molar refractivity (Wildman–Crippen MR) is 139 cm³/mol. The van der Waals surface area contributed by atoms with E-state index in [0.717, 1.165) is 62.4 Å². The van der Waals surface area contributed by atoms with Gasteiger partial charge in [0.05, 0.1) is 15.9 Å². The maximum Gasteiger partial charge on any atom is 0.244 e. The Balaban J connectivity index is 1.84. The molecule has 1 amide bonds. The summed E-state index contributed by atoms with van der Waals surface area (Å²) in [5.74, 6) is 0.615. The summed E-state index contributed by atoms with van der Waals surface area (Å²) in [6.45, 7) is 0. The third-order valence-electron chi connectivity index (χ3n) is 8.30. The minimum absolute atomic E-state index is 0.131. The van der Waals surface area contributed by atoms with Crippen molar-refractivity contribution in [2.45, 2.75) is 74.6 Å². The van der Waals surface area contributed by atoms with E-state index in [1.54, 1.807) is 18.2 Å². The highest BCUT2D eigenvalue weighted by Crippen LogP contribution is 2.50. The van der Waals surface area contributed by atoms with Gasteiger partial charge in [-0.3, -0.25) is 4.79 Å². The summed E-state index contributed by atoms with van der Waals surface area (Å²) in [5.41, 5.74) is 7.97. The van der Waals surface area contributed by atoms with Crippen molar-refractivity contribution in [3.8, 4) is 11.4 Å². The molecule has 6 nitrogen and oxygen atoms in total. The molecule has 0 bridgehead atoms. The highest BCUT2D eigenvalue weighted by Gasteiger charge is 2.53. The molecule has 1 aromatic heterocycles. The molecule has 35 heavy (non-hydrogen) atoms. The molecule has 0 unspecified atom stereocenters. The first-order chi connectivity index (χ1) is 16.8. The van der Waals surface area contributed by atoms with Crippen molar-refractivity contribution < 1.29 is 13.2 Å². The molecule has 2 fully saturated rings. The number of hydrogen-bond acceptors (Lipinski definition) is 4. The number of fused-ring (bicyclic) bond motifs is 1. The molecule has 3 aromatic rings. The number of benzene rings is 2. The van der Waals surface area contributed by atoms with E-state index < -0.39 is 15.4 Å². The Morgan fingerprint density at radius 1 is 0.914 bits per heavy atom. The third-order valence-corrected chi connectivity index (χ3v) is 9.41. The average Bonchev–Trinajstić information content (AvgIpc) is 3.25. The molecule has 5 rings (SSSR count). The number of carbonyl (C=O) groups excluding carboxylic acids is 1. The number of carbonyl (C=O) groups is 1. The normalized spacial score (nSPS) is 18.7. The number of rotatable bonds is 6. The summed E-state index contributed by atoms with van der Waals surface area (Å²) in [5, 5.41) is 0. The van der Waals surface area contributed by atoms with Crippen molar-refractivity contribution in [1.29, 1.82) is 0 Å². The van der Waals surface area contributed by atoms with Crippen LogP contribution < -0.4 is 5.73 Å². The van der Waals surface area contributed by atoms with Crippen LogP contribution >= 0.6 is 0 Å². The quantitative estimate of drug-likeness (QED) is 0.494. The molecule has 0 atom stereocenters. The van der Waals surface area contributed by atoms with Crippen molar-refractivity contribution >= 4 is 26.8 Å². The zero-order valence-corrected chi connectivity index (χ0v) is 21.3. The Morgan fingerprint density at radius 2 is 1.51 bits per heavy atom. The van der Waals surface area contributed by atoms with Gasteiger partial charge in [-0.25, -0.2) is 13.4 Å². The van der Waals surface area contributed by atoms with Gasteiger partial charge in [0.15, 0.2) is 9.84 Å². The van der Waals surface area contributed by atoms with Crippen molar-refractivity contribution in [2.75, 3.05) is 6.26 Å². The molecular formula is C28H35N3O3S. The van der Waals surface area contributed by atoms with E-state index in [4.69, 9.17) is 10.7 Å². The SMILES string of the molecule is CS(=O)(=O)c1cccc(-c2nc3ccccc3n2C(C(N)=O)(C2CCCCC2)C2CCCCC2)c1. The standard InChI is InChI=1S/C28H35N3O3S/c1-35(33,34)23-16-10-11-20(19-23)26-30-24-17-8-9-18-25(24)31(26)28(27(29)32,21-12-4-2-5-13-21)22-14-6-3-7-15-22/h8-11,16-19,21-22H,2-7,12-15H2,1H3,(H2,29,32). The first-order valence-electron chi connectivity index (χ1n) is 12.9. The predicted octanol–water partition coefficient (Wildman–Crippen LogP) is 5.45. The van der Waals surface area contributed by atoms with Crippen LogP contribution in [0.25, 0.3) is 22.4 Å². The van der Waals surface area contributed by atoms with Crippen LogP contribution in [0.3, 0.4) is 0 Å². The maximum absolute atomic E-state index is 13.8. The van der Waals surface area contributed by atoms with Crippen molar-refractivity contribution in [2.24, 2.45) is 17.6 Å². The number of sulfone groups is 1. The molecule has 186 valence electrons. The number of nitrogens with two attached hydrogens (primary N) is 1. The van der Waals surface area contributed by atoms with E-state index in [2.05, 4.69) is 4.57 Å². The van der Waals surface area contributed by atoms with Crippen LogP contribution in [0, 0.1) is 11.8 Å². The van der Waals surface area contributed by atoms with Gasteiger partial charge in [0.25, 0.3) is 0 Å². The molecule has 2 aromatic carbocycles. The first-order valence-corrected chi connectivity index (χ1v) is 14.8. The number of hydrogen-bond donors (Lipinski definition) is 1. The second-order valence-electron chi connectivity index (χ2n) is 10.4. The Hall–Kier alpha value is -2.67. The molecule has 0 radical (unpaired) electrons. The van der Waals surface area contributed by atoms with Gasteiger partial charge < -0.3 is 10.3 Å². The lowest BCUT2D eigenvalue weighted by molar-refractivity contribution is -0.135. The van der Waals surface area contributed by atoms with E-state index in [-0.39, 0.29) is 22.6 Å². The van der Waals surface area contributed by atoms with Gasteiger partial charge in [-0.05, 0) is 61.8 Å². The van der Waals surface area contributed by atoms with Crippen LogP contribution in [-0.2, 0) is 20.2 Å². The molecule has 2 aliphatic rings. The monoisotopic (exact) mass is 493 g/mol. The largest absolute Gasteiger partial charge is 0.368 e. The summed E-state index contributed by atoms with van der Waals surface area (Å²) in [4.78, 5) is 19.1. The molecule has 0 aliphatic heterocycles. The highest BCUT2D eigenvalue weighted by atomic mass is 32.2. The van der Waals surface area contributed by atoms with Gasteiger partial charge in [-0.15, -0.1) is 0 Å². The summed E-state index contributed by atoms with van der Waals surface area (Å²) < 4.78 is 26.9.